The SMILES string of the molecule is C=C[C@@H]1C[C@]1(NC(=O)[C@@H]1C[C@@H](Oc2cc(OC(C)C)nc3c(Cl)c(OCCN4CCOCC4)ccc23)CN1C(=O)[C@@H](NC(=O)OC1C[C@@H]2C[C@@H]2C1)C(C)(C)C)C(=O)O. The Labute approximate surface area is 344 Å². The molecule has 1 aromatic heterocycles. The highest BCUT2D eigenvalue weighted by Crippen LogP contribution is 2.52. The maximum Gasteiger partial charge on any atom is 0.408 e. The molecule has 0 bridgehead atoms. The molecular weight excluding hydrogens is 770 g/mol. The summed E-state index contributed by atoms with van der Waals surface area (Å²) in [5.41, 5.74) is -1.92. The number of halogens is 1. The van der Waals surface area contributed by atoms with Gasteiger partial charge in [-0.05, 0) is 68.9 Å². The summed E-state index contributed by atoms with van der Waals surface area (Å²) in [5, 5.41) is 16.5. The van der Waals surface area contributed by atoms with Gasteiger partial charge in [0, 0.05) is 43.4 Å². The van der Waals surface area contributed by atoms with Gasteiger partial charge in [0.25, 0.3) is 0 Å². The van der Waals surface area contributed by atoms with E-state index >= 15 is 0 Å². The number of alkyl carbamates (subject to hydrolysis) is 1. The van der Waals surface area contributed by atoms with Crippen molar-refractivity contribution in [2.45, 2.75) is 103 Å². The van der Waals surface area contributed by atoms with Crippen LogP contribution in [0.15, 0.2) is 30.9 Å². The minimum absolute atomic E-state index is 0.0266. The number of nitrogens with one attached hydrogen (secondary N) is 2. The molecule has 0 radical (unpaired) electrons. The molecule has 0 spiro atoms. The van der Waals surface area contributed by atoms with E-state index < -0.39 is 58.9 Å². The number of carbonyl (C=O) groups excluding carboxylic acids is 3. The minimum atomic E-state index is -1.52. The topological polar surface area (TPSA) is 178 Å². The Bertz CT molecular complexity index is 1910. The second kappa shape index (κ2) is 16.7. The van der Waals surface area contributed by atoms with Crippen LogP contribution in [0.25, 0.3) is 10.9 Å². The average Bonchev–Trinajstić information content (AvgIpc) is 3.98. The van der Waals surface area contributed by atoms with Crippen LogP contribution < -0.4 is 24.8 Å². The van der Waals surface area contributed by atoms with Crippen molar-refractivity contribution in [1.29, 1.82) is 0 Å². The summed E-state index contributed by atoms with van der Waals surface area (Å²) in [6.45, 7) is 17.0. The fourth-order valence-electron chi connectivity index (χ4n) is 8.55. The Kier molecular flexibility index (Phi) is 12.1. The number of likely N-dealkylation sites (tertiary alicyclic amines) is 1. The van der Waals surface area contributed by atoms with Gasteiger partial charge in [-0.3, -0.25) is 14.5 Å². The lowest BCUT2D eigenvalue weighted by atomic mass is 9.85. The van der Waals surface area contributed by atoms with Crippen molar-refractivity contribution >= 4 is 46.4 Å². The smallest absolute Gasteiger partial charge is 0.408 e. The van der Waals surface area contributed by atoms with E-state index in [4.69, 9.17) is 40.3 Å². The highest BCUT2D eigenvalue weighted by atomic mass is 35.5. The van der Waals surface area contributed by atoms with Gasteiger partial charge >= 0.3 is 12.1 Å². The van der Waals surface area contributed by atoms with Crippen molar-refractivity contribution in [2.24, 2.45) is 23.2 Å². The molecule has 2 saturated heterocycles. The van der Waals surface area contributed by atoms with Crippen LogP contribution in [0.5, 0.6) is 17.4 Å². The first kappa shape index (κ1) is 41.8. The first-order chi connectivity index (χ1) is 27.6. The van der Waals surface area contributed by atoms with Gasteiger partial charge in [-0.1, -0.05) is 38.4 Å². The summed E-state index contributed by atoms with van der Waals surface area (Å²) in [6.07, 6.45) is 2.66. The van der Waals surface area contributed by atoms with Crippen molar-refractivity contribution in [1.82, 2.24) is 25.4 Å². The number of benzene rings is 1. The summed E-state index contributed by atoms with van der Waals surface area (Å²) in [4.78, 5) is 62.8. The zero-order chi connectivity index (χ0) is 41.5. The maximum absolute atomic E-state index is 14.6. The summed E-state index contributed by atoms with van der Waals surface area (Å²) in [6, 6.07) is 3.00. The normalized spacial score (nSPS) is 28.4. The number of pyridine rings is 1. The van der Waals surface area contributed by atoms with E-state index in [1.54, 1.807) is 18.2 Å². The predicted octanol–water partition coefficient (Wildman–Crippen LogP) is 4.82. The third-order valence-electron chi connectivity index (χ3n) is 12.0. The average molecular weight is 826 g/mol. The van der Waals surface area contributed by atoms with Crippen LogP contribution in [0.4, 0.5) is 4.79 Å². The van der Waals surface area contributed by atoms with Crippen LogP contribution >= 0.6 is 11.6 Å². The third-order valence-corrected chi connectivity index (χ3v) is 12.3. The van der Waals surface area contributed by atoms with Gasteiger partial charge < -0.3 is 44.3 Å². The second-order valence-corrected chi connectivity index (χ2v) is 18.1. The molecule has 1 aromatic carbocycles. The zero-order valence-electron chi connectivity index (χ0n) is 34.0. The zero-order valence-corrected chi connectivity index (χ0v) is 34.7. The molecule has 5 aliphatic rings. The number of aliphatic carboxylic acids is 1. The molecule has 3 amide bonds. The van der Waals surface area contributed by atoms with E-state index in [1.165, 1.54) is 17.4 Å². The van der Waals surface area contributed by atoms with Gasteiger partial charge in [0.05, 0.1) is 25.9 Å². The monoisotopic (exact) mass is 825 g/mol. The number of morpholine rings is 1. The molecule has 1 unspecified atom stereocenters. The minimum Gasteiger partial charge on any atom is -0.491 e. The van der Waals surface area contributed by atoms with E-state index in [9.17, 15) is 24.3 Å². The van der Waals surface area contributed by atoms with Crippen LogP contribution in [-0.2, 0) is 23.9 Å². The fraction of sp³-hybridized carbons (Fsp3) is 0.643. The fourth-order valence-corrected chi connectivity index (χ4v) is 8.81. The van der Waals surface area contributed by atoms with Crippen LogP contribution in [0.3, 0.4) is 0 Å². The predicted molar refractivity (Wildman–Crippen MR) is 214 cm³/mol. The molecule has 16 heteroatoms. The number of aromatic nitrogens is 1. The molecule has 3 saturated carbocycles. The van der Waals surface area contributed by atoms with Crippen molar-refractivity contribution in [2.75, 3.05) is 46.0 Å². The first-order valence-corrected chi connectivity index (χ1v) is 20.8. The number of amides is 3. The van der Waals surface area contributed by atoms with Gasteiger partial charge in [0.2, 0.25) is 17.7 Å². The number of rotatable bonds is 15. The highest BCUT2D eigenvalue weighted by molar-refractivity contribution is 6.36. The van der Waals surface area contributed by atoms with Gasteiger partial charge in [0.15, 0.2) is 0 Å². The number of nitrogens with zero attached hydrogens (tertiary/aromatic N) is 3. The molecule has 5 fully saturated rings. The van der Waals surface area contributed by atoms with Gasteiger partial charge in [0.1, 0.15) is 58.5 Å². The van der Waals surface area contributed by atoms with Crippen LogP contribution in [0.1, 0.15) is 66.7 Å². The number of hydrogen-bond donors (Lipinski definition) is 3. The largest absolute Gasteiger partial charge is 0.491 e. The van der Waals surface area contributed by atoms with E-state index in [0.717, 1.165) is 25.9 Å². The highest BCUT2D eigenvalue weighted by Gasteiger charge is 2.61. The second-order valence-electron chi connectivity index (χ2n) is 17.7. The molecule has 15 nitrogen and oxygen atoms in total. The Morgan fingerprint density at radius 1 is 1.09 bits per heavy atom. The molecule has 58 heavy (non-hydrogen) atoms. The Balaban J connectivity index is 1.14. The van der Waals surface area contributed by atoms with Gasteiger partial charge in [-0.15, -0.1) is 6.58 Å². The standard InChI is InChI=1S/C42H56ClN5O10/c1-7-26-21-42(26,39(51)52)46-37(49)30-19-28(22-48(30)38(50)36(41(4,5)6)45-40(53)58-27-17-24-16-25(24)18-27)57-32-20-33(56-23(2)3)44-35-29(32)8-9-31(34(35)43)55-15-12-47-10-13-54-14-11-47/h7-9,20,23-28,30,36H,1,10-19,21-22H2,2-6H3,(H,45,53)(H,46,49)(H,51,52)/t24-,25+,26-,27?,28-,30+,36-,42-/m1/s1. The molecule has 3 aliphatic carbocycles. The van der Waals surface area contributed by atoms with Crippen molar-refractivity contribution in [3.63, 3.8) is 0 Å². The van der Waals surface area contributed by atoms with Crippen LogP contribution in [-0.4, -0.2) is 126 Å². The molecule has 3 heterocycles. The van der Waals surface area contributed by atoms with Crippen LogP contribution in [0.2, 0.25) is 5.02 Å². The van der Waals surface area contributed by atoms with Crippen molar-refractivity contribution in [3.8, 4) is 17.4 Å². The quantitative estimate of drug-likeness (QED) is 0.209. The number of carbonyl (C=O) groups is 4. The van der Waals surface area contributed by atoms with Crippen molar-refractivity contribution in [3.05, 3.63) is 35.9 Å². The lowest BCUT2D eigenvalue weighted by Crippen LogP contribution is -2.59. The maximum atomic E-state index is 14.6. The molecule has 8 atom stereocenters. The molecule has 2 aromatic rings. The molecule has 3 N–H and O–H groups in total. The van der Waals surface area contributed by atoms with E-state index in [1.807, 2.05) is 34.6 Å². The summed E-state index contributed by atoms with van der Waals surface area (Å²) >= 11 is 6.95. The molecule has 2 aliphatic heterocycles. The summed E-state index contributed by atoms with van der Waals surface area (Å²) < 4.78 is 30.0. The first-order valence-electron chi connectivity index (χ1n) is 20.4. The van der Waals surface area contributed by atoms with E-state index in [-0.39, 0.29) is 42.5 Å². The molecule has 316 valence electrons. The summed E-state index contributed by atoms with van der Waals surface area (Å²) in [5.74, 6) is -0.539. The van der Waals surface area contributed by atoms with Gasteiger partial charge in [-0.25, -0.2) is 14.6 Å². The number of fused-ring (bicyclic) bond motifs is 2. The number of carboxylic acid groups (broad SMARTS) is 1. The Morgan fingerprint density at radius 3 is 2.45 bits per heavy atom. The number of hydrogen-bond acceptors (Lipinski definition) is 11. The molecular formula is C42H56ClN5O10. The van der Waals surface area contributed by atoms with Crippen molar-refractivity contribution < 1.29 is 48.0 Å². The lowest BCUT2D eigenvalue weighted by molar-refractivity contribution is -0.146. The van der Waals surface area contributed by atoms with Gasteiger partial charge in [-0.2, -0.15) is 0 Å². The third kappa shape index (κ3) is 9.11. The summed E-state index contributed by atoms with van der Waals surface area (Å²) in [7, 11) is 0. The molecule has 7 rings (SSSR count). The lowest BCUT2D eigenvalue weighted by Gasteiger charge is -2.35. The number of ether oxygens (including phenoxy) is 5. The number of carboxylic acids is 1. The van der Waals surface area contributed by atoms with E-state index in [0.29, 0.717) is 60.6 Å². The van der Waals surface area contributed by atoms with Crippen LogP contribution in [0, 0.1) is 23.2 Å². The Hall–Kier alpha value is -4.34. The van der Waals surface area contributed by atoms with E-state index in [2.05, 4.69) is 22.1 Å². The Morgan fingerprint density at radius 2 is 1.81 bits per heavy atom.